The first kappa shape index (κ1) is 14.5. The summed E-state index contributed by atoms with van der Waals surface area (Å²) in [5.41, 5.74) is -0.711. The smallest absolute Gasteiger partial charge is 0.316 e. The Morgan fingerprint density at radius 1 is 0.950 bits per heavy atom. The van der Waals surface area contributed by atoms with E-state index in [1.165, 1.54) is 7.11 Å². The molecule has 1 unspecified atom stereocenters. The van der Waals surface area contributed by atoms with Gasteiger partial charge in [0.1, 0.15) is 5.66 Å². The fraction of sp³-hybridized carbons (Fsp3) is 0.188. The van der Waals surface area contributed by atoms with Crippen LogP contribution in [0.2, 0.25) is 0 Å². The minimum atomic E-state index is -3.06. The van der Waals surface area contributed by atoms with Crippen LogP contribution in [0.4, 0.5) is 0 Å². The Balaban J connectivity index is 2.61. The number of rotatable bonds is 4. The van der Waals surface area contributed by atoms with Gasteiger partial charge in [-0.3, -0.25) is 4.79 Å². The monoisotopic (exact) mass is 288 g/mol. The highest BCUT2D eigenvalue weighted by molar-refractivity contribution is 7.80. The molecule has 104 valence electrons. The van der Waals surface area contributed by atoms with E-state index in [1.54, 1.807) is 31.2 Å². The predicted molar refractivity (Wildman–Crippen MR) is 81.2 cm³/mol. The van der Waals surface area contributed by atoms with E-state index < -0.39 is 18.8 Å². The van der Waals surface area contributed by atoms with E-state index in [0.717, 1.165) is 0 Å². The van der Waals surface area contributed by atoms with E-state index >= 15 is 0 Å². The highest BCUT2D eigenvalue weighted by atomic mass is 31.2. The molecule has 0 aliphatic carbocycles. The molecule has 0 N–H and O–H groups in total. The van der Waals surface area contributed by atoms with Gasteiger partial charge in [-0.1, -0.05) is 60.7 Å². The molecule has 0 aliphatic rings. The number of carbonyl (C=O) groups is 1. The standard InChI is InChI=1S/C16H17O3P/c1-13(16(17)19-2)20(18,14-9-5-3-6-10-14)15-11-7-4-8-12-15/h3-13H,1-2H3. The molecule has 1 atom stereocenters. The first-order chi connectivity index (χ1) is 9.60. The summed E-state index contributed by atoms with van der Waals surface area (Å²) in [7, 11) is -1.74. The van der Waals surface area contributed by atoms with Crippen molar-refractivity contribution < 1.29 is 14.1 Å². The van der Waals surface area contributed by atoms with Crippen molar-refractivity contribution in [3.8, 4) is 0 Å². The molecule has 0 bridgehead atoms. The fourth-order valence-corrected chi connectivity index (χ4v) is 5.04. The molecule has 0 saturated carbocycles. The van der Waals surface area contributed by atoms with Gasteiger partial charge in [0.2, 0.25) is 0 Å². The van der Waals surface area contributed by atoms with Crippen molar-refractivity contribution in [1.82, 2.24) is 0 Å². The maximum absolute atomic E-state index is 13.6. The van der Waals surface area contributed by atoms with E-state index in [9.17, 15) is 9.36 Å². The van der Waals surface area contributed by atoms with Crippen molar-refractivity contribution in [2.45, 2.75) is 12.6 Å². The quantitative estimate of drug-likeness (QED) is 0.641. The summed E-state index contributed by atoms with van der Waals surface area (Å²) in [4.78, 5) is 11.9. The van der Waals surface area contributed by atoms with Gasteiger partial charge in [-0.05, 0) is 6.92 Å². The minimum absolute atomic E-state index is 0.457. The van der Waals surface area contributed by atoms with Gasteiger partial charge in [-0.15, -0.1) is 0 Å². The molecule has 3 nitrogen and oxygen atoms in total. The van der Waals surface area contributed by atoms with Crippen LogP contribution in [0.3, 0.4) is 0 Å². The number of carbonyl (C=O) groups excluding carboxylic acids is 1. The molecule has 20 heavy (non-hydrogen) atoms. The Hall–Kier alpha value is -1.86. The maximum atomic E-state index is 13.6. The number of ether oxygens (including phenoxy) is 1. The molecule has 0 heterocycles. The van der Waals surface area contributed by atoms with E-state index in [2.05, 4.69) is 0 Å². The lowest BCUT2D eigenvalue weighted by molar-refractivity contribution is -0.139. The van der Waals surface area contributed by atoms with Gasteiger partial charge in [0.15, 0.2) is 7.14 Å². The average Bonchev–Trinajstić information content (AvgIpc) is 2.54. The Morgan fingerprint density at radius 3 is 1.70 bits per heavy atom. The van der Waals surface area contributed by atoms with Crippen LogP contribution in [0.15, 0.2) is 60.7 Å². The summed E-state index contributed by atoms with van der Waals surface area (Å²) in [6.07, 6.45) is 0. The maximum Gasteiger partial charge on any atom is 0.316 e. The third-order valence-corrected chi connectivity index (χ3v) is 6.80. The second-order valence-corrected chi connectivity index (χ2v) is 7.65. The third kappa shape index (κ3) is 2.54. The van der Waals surface area contributed by atoms with Crippen LogP contribution in [0.5, 0.6) is 0 Å². The van der Waals surface area contributed by atoms with Gasteiger partial charge in [0.25, 0.3) is 0 Å². The molecule has 0 aliphatic heterocycles. The number of benzene rings is 2. The Kier molecular flexibility index (Phi) is 4.41. The summed E-state index contributed by atoms with van der Waals surface area (Å²) in [5, 5.41) is 1.34. The Labute approximate surface area is 119 Å². The molecule has 0 amide bonds. The minimum Gasteiger partial charge on any atom is -0.468 e. The Bertz CT molecular complexity index is 579. The lowest BCUT2D eigenvalue weighted by atomic mass is 10.4. The average molecular weight is 288 g/mol. The lowest BCUT2D eigenvalue weighted by Crippen LogP contribution is -2.30. The number of hydrogen-bond acceptors (Lipinski definition) is 3. The molecule has 0 aromatic heterocycles. The topological polar surface area (TPSA) is 43.4 Å². The lowest BCUT2D eigenvalue weighted by Gasteiger charge is -2.24. The zero-order valence-electron chi connectivity index (χ0n) is 11.5. The SMILES string of the molecule is COC(=O)C(C)P(=O)(c1ccccc1)c1ccccc1. The second kappa shape index (κ2) is 6.06. The van der Waals surface area contributed by atoms with Crippen LogP contribution in [0, 0.1) is 0 Å². The van der Waals surface area contributed by atoms with Crippen LogP contribution in [0.25, 0.3) is 0 Å². The zero-order valence-corrected chi connectivity index (χ0v) is 12.4. The Morgan fingerprint density at radius 2 is 1.35 bits per heavy atom. The molecule has 4 heteroatoms. The highest BCUT2D eigenvalue weighted by Crippen LogP contribution is 2.48. The molecule has 0 radical (unpaired) electrons. The van der Waals surface area contributed by atoms with Crippen molar-refractivity contribution in [2.24, 2.45) is 0 Å². The van der Waals surface area contributed by atoms with Crippen LogP contribution in [-0.2, 0) is 14.1 Å². The first-order valence-corrected chi connectivity index (χ1v) is 8.17. The van der Waals surface area contributed by atoms with Crippen molar-refractivity contribution in [2.75, 3.05) is 7.11 Å². The van der Waals surface area contributed by atoms with Crippen LogP contribution in [0.1, 0.15) is 6.92 Å². The van der Waals surface area contributed by atoms with Gasteiger partial charge in [-0.25, -0.2) is 0 Å². The fourth-order valence-electron chi connectivity index (χ4n) is 2.21. The molecule has 0 fully saturated rings. The molecular weight excluding hydrogens is 271 g/mol. The van der Waals surface area contributed by atoms with E-state index in [-0.39, 0.29) is 0 Å². The van der Waals surface area contributed by atoms with Crippen molar-refractivity contribution in [3.63, 3.8) is 0 Å². The van der Waals surface area contributed by atoms with E-state index in [0.29, 0.717) is 10.6 Å². The van der Waals surface area contributed by atoms with E-state index in [1.807, 2.05) is 36.4 Å². The van der Waals surface area contributed by atoms with Gasteiger partial charge < -0.3 is 9.30 Å². The van der Waals surface area contributed by atoms with Crippen LogP contribution in [-0.4, -0.2) is 18.7 Å². The first-order valence-electron chi connectivity index (χ1n) is 6.39. The van der Waals surface area contributed by atoms with Gasteiger partial charge in [0.05, 0.1) is 7.11 Å². The third-order valence-electron chi connectivity index (χ3n) is 3.37. The van der Waals surface area contributed by atoms with Crippen molar-refractivity contribution in [1.29, 1.82) is 0 Å². The molecule has 0 spiro atoms. The molecule has 0 saturated heterocycles. The largest absolute Gasteiger partial charge is 0.468 e. The van der Waals surface area contributed by atoms with Gasteiger partial charge in [0, 0.05) is 10.6 Å². The second-order valence-electron chi connectivity index (χ2n) is 4.53. The molecule has 2 rings (SSSR count). The summed E-state index contributed by atoms with van der Waals surface area (Å²) < 4.78 is 18.4. The van der Waals surface area contributed by atoms with Crippen LogP contribution < -0.4 is 10.6 Å². The number of methoxy groups -OCH3 is 1. The van der Waals surface area contributed by atoms with Gasteiger partial charge in [-0.2, -0.15) is 0 Å². The van der Waals surface area contributed by atoms with Crippen LogP contribution >= 0.6 is 7.14 Å². The number of esters is 1. The normalized spacial score (nSPS) is 12.7. The molecule has 2 aromatic carbocycles. The molecule has 2 aromatic rings. The summed E-state index contributed by atoms with van der Waals surface area (Å²) in [5.74, 6) is -0.457. The zero-order chi connectivity index (χ0) is 14.6. The van der Waals surface area contributed by atoms with Crippen molar-refractivity contribution in [3.05, 3.63) is 60.7 Å². The summed E-state index contributed by atoms with van der Waals surface area (Å²) >= 11 is 0. The predicted octanol–water partition coefficient (Wildman–Crippen LogP) is 2.56. The number of hydrogen-bond donors (Lipinski definition) is 0. The molecular formula is C16H17O3P. The highest BCUT2D eigenvalue weighted by Gasteiger charge is 2.38. The summed E-state index contributed by atoms with van der Waals surface area (Å²) in [6, 6.07) is 18.2. The van der Waals surface area contributed by atoms with E-state index in [4.69, 9.17) is 4.74 Å². The van der Waals surface area contributed by atoms with Crippen molar-refractivity contribution >= 4 is 23.7 Å². The summed E-state index contributed by atoms with van der Waals surface area (Å²) in [6.45, 7) is 1.66. The van der Waals surface area contributed by atoms with Gasteiger partial charge >= 0.3 is 5.97 Å².